The van der Waals surface area contributed by atoms with Crippen LogP contribution < -0.4 is 0 Å². The molecule has 0 fully saturated rings. The molecule has 0 aliphatic heterocycles. The van der Waals surface area contributed by atoms with E-state index in [1.54, 1.807) is 0 Å². The molecule has 0 bridgehead atoms. The first-order valence-corrected chi connectivity index (χ1v) is 9.06. The minimum absolute atomic E-state index is 0.205. The summed E-state index contributed by atoms with van der Waals surface area (Å²) in [6.45, 7) is 0. The number of allylic oxidation sites excluding steroid dienone is 1. The van der Waals surface area contributed by atoms with Crippen molar-refractivity contribution in [2.75, 3.05) is 0 Å². The van der Waals surface area contributed by atoms with Gasteiger partial charge in [-0.15, -0.1) is 0 Å². The number of aromatic nitrogens is 1. The Labute approximate surface area is 153 Å². The molecule has 0 saturated heterocycles. The second kappa shape index (κ2) is 5.96. The highest BCUT2D eigenvalue weighted by atomic mass is 14.7. The first kappa shape index (κ1) is 15.1. The van der Waals surface area contributed by atoms with Crippen LogP contribution in [-0.2, 0) is 5.41 Å². The summed E-state index contributed by atoms with van der Waals surface area (Å²) in [5.41, 5.74) is 5.83. The fraction of sp³-hybridized carbons (Fsp3) is 0.0800. The number of para-hydroxylation sites is 1. The molecule has 4 aromatic rings. The van der Waals surface area contributed by atoms with Gasteiger partial charge in [-0.3, -0.25) is 0 Å². The van der Waals surface area contributed by atoms with Crippen LogP contribution in [0.2, 0.25) is 0 Å². The third kappa shape index (κ3) is 2.21. The molecule has 0 atom stereocenters. The third-order valence-corrected chi connectivity index (χ3v) is 5.45. The molecule has 1 heteroatoms. The Morgan fingerprint density at radius 3 is 2.00 bits per heavy atom. The van der Waals surface area contributed by atoms with Crippen molar-refractivity contribution < 1.29 is 0 Å². The average molecular weight is 333 g/mol. The van der Waals surface area contributed by atoms with Gasteiger partial charge in [-0.25, -0.2) is 4.98 Å². The van der Waals surface area contributed by atoms with Crippen LogP contribution in [0.5, 0.6) is 0 Å². The smallest absolute Gasteiger partial charge is 0.0709 e. The second-order valence-electron chi connectivity index (χ2n) is 6.86. The van der Waals surface area contributed by atoms with Crippen LogP contribution in [0.25, 0.3) is 17.0 Å². The molecule has 0 N–H and O–H groups in total. The summed E-state index contributed by atoms with van der Waals surface area (Å²) in [5, 5.41) is 1.19. The minimum Gasteiger partial charge on any atom is -0.248 e. The third-order valence-electron chi connectivity index (χ3n) is 5.45. The molecule has 3 aromatic carbocycles. The van der Waals surface area contributed by atoms with E-state index < -0.39 is 0 Å². The molecule has 1 aromatic heterocycles. The minimum atomic E-state index is -0.205. The summed E-state index contributed by atoms with van der Waals surface area (Å²) in [7, 11) is 0. The lowest BCUT2D eigenvalue weighted by Crippen LogP contribution is -2.31. The quantitative estimate of drug-likeness (QED) is 0.439. The van der Waals surface area contributed by atoms with Crippen molar-refractivity contribution in [3.05, 3.63) is 119 Å². The van der Waals surface area contributed by atoms with Gasteiger partial charge < -0.3 is 0 Å². The van der Waals surface area contributed by atoms with Gasteiger partial charge in [0.1, 0.15) is 0 Å². The molecule has 1 nitrogen and oxygen atoms in total. The SMILES string of the molecule is C1=Cc2nc3ccccc3cc2C(c2ccccc2)(c2ccccc2)C1. The number of rotatable bonds is 2. The zero-order chi connectivity index (χ0) is 17.4. The lowest BCUT2D eigenvalue weighted by Gasteiger charge is -2.38. The topological polar surface area (TPSA) is 12.9 Å². The maximum atomic E-state index is 4.98. The number of pyridine rings is 1. The molecule has 0 saturated carbocycles. The van der Waals surface area contributed by atoms with Crippen LogP contribution in [0, 0.1) is 0 Å². The number of benzene rings is 3. The summed E-state index contributed by atoms with van der Waals surface area (Å²) < 4.78 is 0. The largest absolute Gasteiger partial charge is 0.248 e. The molecule has 1 heterocycles. The van der Waals surface area contributed by atoms with Crippen molar-refractivity contribution >= 4 is 17.0 Å². The fourth-order valence-electron chi connectivity index (χ4n) is 4.22. The van der Waals surface area contributed by atoms with Crippen molar-refractivity contribution in [3.8, 4) is 0 Å². The van der Waals surface area contributed by atoms with Crippen LogP contribution in [-0.4, -0.2) is 4.98 Å². The van der Waals surface area contributed by atoms with E-state index >= 15 is 0 Å². The van der Waals surface area contributed by atoms with E-state index in [-0.39, 0.29) is 5.41 Å². The molecular weight excluding hydrogens is 314 g/mol. The van der Waals surface area contributed by atoms with E-state index in [1.165, 1.54) is 22.1 Å². The van der Waals surface area contributed by atoms with Gasteiger partial charge in [-0.1, -0.05) is 84.9 Å². The summed E-state index contributed by atoms with van der Waals surface area (Å²) in [4.78, 5) is 4.98. The van der Waals surface area contributed by atoms with Gasteiger partial charge in [0, 0.05) is 5.39 Å². The van der Waals surface area contributed by atoms with E-state index in [1.807, 2.05) is 0 Å². The molecule has 0 unspecified atom stereocenters. The lowest BCUT2D eigenvalue weighted by atomic mass is 9.65. The normalized spacial score (nSPS) is 14.9. The van der Waals surface area contributed by atoms with Gasteiger partial charge >= 0.3 is 0 Å². The van der Waals surface area contributed by atoms with E-state index in [9.17, 15) is 0 Å². The van der Waals surface area contributed by atoms with E-state index in [0.29, 0.717) is 0 Å². The molecule has 124 valence electrons. The second-order valence-corrected chi connectivity index (χ2v) is 6.86. The van der Waals surface area contributed by atoms with E-state index in [4.69, 9.17) is 4.98 Å². The maximum Gasteiger partial charge on any atom is 0.0709 e. The van der Waals surface area contributed by atoms with Crippen LogP contribution in [0.4, 0.5) is 0 Å². The van der Waals surface area contributed by atoms with E-state index in [2.05, 4.69) is 103 Å². The Balaban J connectivity index is 1.88. The summed E-state index contributed by atoms with van der Waals surface area (Å²) in [5.74, 6) is 0. The highest BCUT2D eigenvalue weighted by Crippen LogP contribution is 2.46. The molecule has 5 rings (SSSR count). The van der Waals surface area contributed by atoms with Gasteiger partial charge in [-0.2, -0.15) is 0 Å². The molecule has 0 radical (unpaired) electrons. The predicted molar refractivity (Wildman–Crippen MR) is 108 cm³/mol. The monoisotopic (exact) mass is 333 g/mol. The zero-order valence-electron chi connectivity index (χ0n) is 14.5. The molecule has 26 heavy (non-hydrogen) atoms. The Kier molecular flexibility index (Phi) is 3.46. The highest BCUT2D eigenvalue weighted by Gasteiger charge is 2.39. The Morgan fingerprint density at radius 2 is 1.31 bits per heavy atom. The Hall–Kier alpha value is -3.19. The van der Waals surface area contributed by atoms with Gasteiger partial charge in [0.15, 0.2) is 0 Å². The summed E-state index contributed by atoms with van der Waals surface area (Å²) in [6.07, 6.45) is 5.38. The molecular formula is C25H19N. The van der Waals surface area contributed by atoms with Gasteiger partial charge in [0.25, 0.3) is 0 Å². The average Bonchev–Trinajstić information content (AvgIpc) is 2.73. The lowest BCUT2D eigenvalue weighted by molar-refractivity contribution is 0.618. The Morgan fingerprint density at radius 1 is 0.692 bits per heavy atom. The van der Waals surface area contributed by atoms with Crippen LogP contribution in [0.15, 0.2) is 97.1 Å². The molecule has 0 spiro atoms. The molecule has 1 aliphatic rings. The summed E-state index contributed by atoms with van der Waals surface area (Å²) >= 11 is 0. The number of nitrogens with zero attached hydrogens (tertiary/aromatic N) is 1. The fourth-order valence-corrected chi connectivity index (χ4v) is 4.22. The Bertz CT molecular complexity index is 1060. The highest BCUT2D eigenvalue weighted by molar-refractivity contribution is 5.83. The molecule has 1 aliphatic carbocycles. The van der Waals surface area contributed by atoms with Gasteiger partial charge in [0.2, 0.25) is 0 Å². The van der Waals surface area contributed by atoms with Gasteiger partial charge in [0.05, 0.1) is 16.6 Å². The first-order chi connectivity index (χ1) is 12.9. The maximum absolute atomic E-state index is 4.98. The van der Waals surface area contributed by atoms with Crippen molar-refractivity contribution in [2.24, 2.45) is 0 Å². The van der Waals surface area contributed by atoms with Crippen molar-refractivity contribution in [1.29, 1.82) is 0 Å². The number of fused-ring (bicyclic) bond motifs is 2. The van der Waals surface area contributed by atoms with Crippen molar-refractivity contribution in [1.82, 2.24) is 4.98 Å². The van der Waals surface area contributed by atoms with Crippen LogP contribution >= 0.6 is 0 Å². The number of hydrogen-bond donors (Lipinski definition) is 0. The van der Waals surface area contributed by atoms with Gasteiger partial charge in [-0.05, 0) is 41.3 Å². The standard InChI is InChI=1S/C25H19N/c1-3-11-20(12-4-1)25(21-13-5-2-6-14-21)17-9-16-24-22(25)18-19-10-7-8-15-23(19)26-24/h1-16,18H,17H2. The number of hydrogen-bond acceptors (Lipinski definition) is 1. The molecule has 0 amide bonds. The predicted octanol–water partition coefficient (Wildman–Crippen LogP) is 5.99. The van der Waals surface area contributed by atoms with Crippen LogP contribution in [0.1, 0.15) is 28.8 Å². The van der Waals surface area contributed by atoms with Crippen molar-refractivity contribution in [2.45, 2.75) is 11.8 Å². The summed E-state index contributed by atoms with van der Waals surface area (Å²) in [6, 6.07) is 32.4. The first-order valence-electron chi connectivity index (χ1n) is 9.06. The van der Waals surface area contributed by atoms with Crippen molar-refractivity contribution in [3.63, 3.8) is 0 Å². The van der Waals surface area contributed by atoms with E-state index in [0.717, 1.165) is 17.6 Å². The zero-order valence-corrected chi connectivity index (χ0v) is 14.5. The van der Waals surface area contributed by atoms with Crippen LogP contribution in [0.3, 0.4) is 0 Å².